The van der Waals surface area contributed by atoms with Crippen LogP contribution >= 0.6 is 0 Å². The standard InChI is InChI=1S/C63H93N13O24/c1-28(2)18-37(64)53(89)75-50(30(5)6)61(97)70-38(20-33-10-14-35(79)15-11-33)54(90)65-25-46(81)66-32(9)52(88)73-44(26-77)59(95)68-41(23-48(84)85)57(93)74-45(27-78)60(96)69-42(24-49(86)87)58(94)76-51(31(7)8)62(98)71-39(21-34-12-16-36(80)17-13-34)55(91)67-40(22-47(82)83)56(92)72-43(63(99)100)19-29(3)4/h10-17,28-32,37-45,50-51,77-80H,18-27,64H2,1-9H3,(H,65,90)(H,66,81)(H,67,91)(H,68,95)(H,69,96)(H,70,97)(H,71,98)(H,72,92)(H,73,88)(H,74,93)(H,75,89)(H,76,94)(H,82,83)(H,84,85)(H,86,87)(H,99,100)/t32-,37-,38-,39-,40-,41-,42-,43-,44-,45-,50-,51-/m0/s1. The quantitative estimate of drug-likeness (QED) is 0.0295. The van der Waals surface area contributed by atoms with Crippen molar-refractivity contribution < 1.29 is 118 Å². The summed E-state index contributed by atoms with van der Waals surface area (Å²) in [7, 11) is 0. The minimum Gasteiger partial charge on any atom is -0.508 e. The molecule has 0 aliphatic rings. The molecule has 0 bridgehead atoms. The lowest BCUT2D eigenvalue weighted by Crippen LogP contribution is -2.62. The number of amides is 12. The molecular weight excluding hydrogens is 1320 g/mol. The Hall–Kier alpha value is -10.6. The summed E-state index contributed by atoms with van der Waals surface area (Å²) in [5.41, 5.74) is 6.75. The van der Waals surface area contributed by atoms with Gasteiger partial charge in [0.1, 0.15) is 78.0 Å². The Morgan fingerprint density at radius 2 is 0.670 bits per heavy atom. The van der Waals surface area contributed by atoms with Crippen molar-refractivity contribution in [3.8, 4) is 11.5 Å². The van der Waals surface area contributed by atoms with Crippen molar-refractivity contribution in [2.24, 2.45) is 29.4 Å². The van der Waals surface area contributed by atoms with Gasteiger partial charge in [-0.15, -0.1) is 0 Å². The zero-order valence-electron chi connectivity index (χ0n) is 56.6. The van der Waals surface area contributed by atoms with Crippen LogP contribution in [-0.4, -0.2) is 228 Å². The van der Waals surface area contributed by atoms with Gasteiger partial charge in [0, 0.05) is 12.8 Å². The van der Waals surface area contributed by atoms with Crippen LogP contribution < -0.4 is 69.5 Å². The van der Waals surface area contributed by atoms with Gasteiger partial charge in [-0.1, -0.05) is 79.7 Å². The zero-order chi connectivity index (χ0) is 76.0. The van der Waals surface area contributed by atoms with Crippen molar-refractivity contribution in [1.82, 2.24) is 63.8 Å². The summed E-state index contributed by atoms with van der Waals surface area (Å²) >= 11 is 0. The number of nitrogens with one attached hydrogen (secondary N) is 12. The topological polar surface area (TPSA) is 605 Å². The molecule has 0 aromatic heterocycles. The van der Waals surface area contributed by atoms with E-state index in [2.05, 4.69) is 47.9 Å². The van der Waals surface area contributed by atoms with Crippen molar-refractivity contribution >= 4 is 94.8 Å². The van der Waals surface area contributed by atoms with Crippen molar-refractivity contribution in [3.05, 3.63) is 59.7 Å². The first-order chi connectivity index (χ1) is 46.7. The molecular formula is C63H93N13O24. The number of aliphatic hydroxyl groups excluding tert-OH is 2. The number of carbonyl (C=O) groups is 16. The second-order valence-corrected chi connectivity index (χ2v) is 25.1. The number of rotatable bonds is 43. The number of nitrogens with two attached hydrogens (primary N) is 1. The fraction of sp³-hybridized carbons (Fsp3) is 0.556. The number of benzene rings is 2. The Kier molecular flexibility index (Phi) is 35.6. The molecule has 2 aromatic rings. The van der Waals surface area contributed by atoms with Gasteiger partial charge < -0.3 is 110 Å². The van der Waals surface area contributed by atoms with Crippen molar-refractivity contribution in [2.45, 2.75) is 180 Å². The number of phenolic OH excluding ortho intramolecular Hbond substituents is 2. The molecule has 0 aliphatic heterocycles. The Labute approximate surface area is 574 Å². The number of hydrogen-bond acceptors (Lipinski definition) is 21. The van der Waals surface area contributed by atoms with E-state index in [-0.39, 0.29) is 41.7 Å². The maximum absolute atomic E-state index is 14.1. The molecule has 12 amide bonds. The van der Waals surface area contributed by atoms with E-state index in [4.69, 9.17) is 5.73 Å². The van der Waals surface area contributed by atoms with Crippen LogP contribution in [0.2, 0.25) is 0 Å². The predicted octanol–water partition coefficient (Wildman–Crippen LogP) is -5.42. The lowest BCUT2D eigenvalue weighted by molar-refractivity contribution is -0.144. The van der Waals surface area contributed by atoms with Crippen LogP contribution in [0.25, 0.3) is 0 Å². The van der Waals surface area contributed by atoms with Gasteiger partial charge in [0.05, 0.1) is 45.1 Å². The monoisotopic (exact) mass is 1420 g/mol. The molecule has 0 spiro atoms. The van der Waals surface area contributed by atoms with E-state index >= 15 is 0 Å². The Bertz CT molecular complexity index is 3220. The number of aliphatic carboxylic acids is 4. The van der Waals surface area contributed by atoms with Crippen molar-refractivity contribution in [2.75, 3.05) is 19.8 Å². The van der Waals surface area contributed by atoms with E-state index in [1.807, 2.05) is 29.8 Å². The number of phenols is 2. The molecule has 0 saturated heterocycles. The molecule has 37 nitrogen and oxygen atoms in total. The van der Waals surface area contributed by atoms with E-state index in [1.165, 1.54) is 62.4 Å². The fourth-order valence-corrected chi connectivity index (χ4v) is 9.42. The van der Waals surface area contributed by atoms with Crippen LogP contribution in [0, 0.1) is 23.7 Å². The highest BCUT2D eigenvalue weighted by atomic mass is 16.4. The maximum atomic E-state index is 14.1. The minimum absolute atomic E-state index is 0.0534. The van der Waals surface area contributed by atoms with Crippen LogP contribution in [0.1, 0.15) is 106 Å². The molecule has 100 heavy (non-hydrogen) atoms. The van der Waals surface area contributed by atoms with E-state index in [0.29, 0.717) is 12.0 Å². The highest BCUT2D eigenvalue weighted by Crippen LogP contribution is 2.16. The van der Waals surface area contributed by atoms with E-state index in [0.717, 1.165) is 6.92 Å². The third kappa shape index (κ3) is 30.5. The average Bonchev–Trinajstić information content (AvgIpc) is 0.856. The summed E-state index contributed by atoms with van der Waals surface area (Å²) in [6.45, 7) is 10.8. The van der Waals surface area contributed by atoms with Gasteiger partial charge in [0.15, 0.2) is 0 Å². The Balaban J connectivity index is 2.27. The molecule has 0 radical (unpaired) electrons. The molecule has 22 N–H and O–H groups in total. The van der Waals surface area contributed by atoms with Gasteiger partial charge in [-0.25, -0.2) is 4.79 Å². The fourth-order valence-electron chi connectivity index (χ4n) is 9.42. The van der Waals surface area contributed by atoms with Crippen LogP contribution in [0.3, 0.4) is 0 Å². The molecule has 0 heterocycles. The summed E-state index contributed by atoms with van der Waals surface area (Å²) in [6.07, 6.45) is -3.98. The summed E-state index contributed by atoms with van der Waals surface area (Å²) in [6, 6.07) is -9.75. The summed E-state index contributed by atoms with van der Waals surface area (Å²) in [5.74, 6) is -22.4. The second kappa shape index (κ2) is 41.6. The van der Waals surface area contributed by atoms with Gasteiger partial charge in [0.25, 0.3) is 0 Å². The lowest BCUT2D eigenvalue weighted by Gasteiger charge is -2.28. The van der Waals surface area contributed by atoms with Crippen molar-refractivity contribution in [3.63, 3.8) is 0 Å². The van der Waals surface area contributed by atoms with Gasteiger partial charge in [0.2, 0.25) is 70.9 Å². The zero-order valence-corrected chi connectivity index (χ0v) is 56.6. The first kappa shape index (κ1) is 85.5. The number of aliphatic hydroxyl groups is 2. The molecule has 0 fully saturated rings. The van der Waals surface area contributed by atoms with Crippen LogP contribution in [-0.2, 0) is 89.6 Å². The average molecular weight is 1420 g/mol. The Morgan fingerprint density at radius 3 is 1.02 bits per heavy atom. The molecule has 0 aliphatic carbocycles. The third-order valence-corrected chi connectivity index (χ3v) is 14.8. The number of hydrogen-bond donors (Lipinski definition) is 21. The molecule has 2 aromatic carbocycles. The SMILES string of the molecule is CC(C)C[C@H](NC(=O)[C@H](CC(=O)O)NC(=O)[C@H](Cc1ccc(O)cc1)NC(=O)[C@@H](NC(=O)[C@H](CC(=O)O)NC(=O)[C@H](CO)NC(=O)[C@H](CC(=O)O)NC(=O)[C@H](CO)NC(=O)[C@H](C)NC(=O)CNC(=O)[C@H](Cc1ccc(O)cc1)NC(=O)[C@@H](NC(=O)[C@@H](N)CC(C)C)C(C)C)C(C)C)C(=O)O. The lowest BCUT2D eigenvalue weighted by atomic mass is 9.99. The smallest absolute Gasteiger partial charge is 0.326 e. The third-order valence-electron chi connectivity index (χ3n) is 14.8. The molecule has 554 valence electrons. The van der Waals surface area contributed by atoms with Crippen LogP contribution in [0.5, 0.6) is 11.5 Å². The minimum atomic E-state index is -2.19. The van der Waals surface area contributed by atoms with E-state index in [9.17, 15) is 118 Å². The molecule has 2 rings (SSSR count). The highest BCUT2D eigenvalue weighted by molar-refractivity contribution is 6.01. The van der Waals surface area contributed by atoms with E-state index in [1.54, 1.807) is 27.7 Å². The van der Waals surface area contributed by atoms with Gasteiger partial charge in [-0.05, 0) is 78.8 Å². The number of carboxylic acids is 4. The summed E-state index contributed by atoms with van der Waals surface area (Å²) in [4.78, 5) is 211. The first-order valence-electron chi connectivity index (χ1n) is 31.7. The maximum Gasteiger partial charge on any atom is 0.326 e. The molecule has 12 atom stereocenters. The van der Waals surface area contributed by atoms with Gasteiger partial charge in [-0.2, -0.15) is 0 Å². The molecule has 0 saturated carbocycles. The largest absolute Gasteiger partial charge is 0.508 e. The first-order valence-corrected chi connectivity index (χ1v) is 31.7. The normalized spacial score (nSPS) is 14.8. The van der Waals surface area contributed by atoms with Crippen LogP contribution in [0.4, 0.5) is 0 Å². The van der Waals surface area contributed by atoms with Crippen molar-refractivity contribution in [1.29, 1.82) is 0 Å². The molecule has 37 heteroatoms. The second-order valence-electron chi connectivity index (χ2n) is 25.1. The number of aromatic hydroxyl groups is 2. The summed E-state index contributed by atoms with van der Waals surface area (Å²) < 4.78 is 0. The highest BCUT2D eigenvalue weighted by Gasteiger charge is 2.38. The predicted molar refractivity (Wildman–Crippen MR) is 349 cm³/mol. The van der Waals surface area contributed by atoms with Crippen LogP contribution in [0.15, 0.2) is 48.5 Å². The van der Waals surface area contributed by atoms with Gasteiger partial charge in [-0.3, -0.25) is 71.9 Å². The summed E-state index contributed by atoms with van der Waals surface area (Å²) in [5, 5.41) is 106. The number of carboxylic acid groups (broad SMARTS) is 4. The Morgan fingerprint density at radius 1 is 0.360 bits per heavy atom. The van der Waals surface area contributed by atoms with E-state index < -0.39 is 225 Å². The van der Waals surface area contributed by atoms with Gasteiger partial charge >= 0.3 is 23.9 Å². The molecule has 0 unspecified atom stereocenters. The number of carbonyl (C=O) groups excluding carboxylic acids is 12.